The molecule has 0 heterocycles. The van der Waals surface area contributed by atoms with Gasteiger partial charge in [-0.3, -0.25) is 0 Å². The Kier molecular flexibility index (Phi) is 5.37. The fraction of sp³-hybridized carbons (Fsp3) is 0.167. The van der Waals surface area contributed by atoms with Crippen molar-refractivity contribution >= 4 is 31.6 Å². The number of benzene rings is 4. The SMILES string of the molecule is C[NH+](C)[C@@H](CNS(=O)(=O)c1cccc2ccccc12)c1cccc2ccccc12. The molecular weight excluding hydrogens is 380 g/mol. The Bertz CT molecular complexity index is 1260. The maximum atomic E-state index is 13.1. The lowest BCUT2D eigenvalue weighted by Gasteiger charge is -2.23. The van der Waals surface area contributed by atoms with E-state index in [0.29, 0.717) is 11.4 Å². The summed E-state index contributed by atoms with van der Waals surface area (Å²) in [5, 5.41) is 3.97. The van der Waals surface area contributed by atoms with Gasteiger partial charge in [0.15, 0.2) is 0 Å². The molecule has 1 atom stereocenters. The van der Waals surface area contributed by atoms with Crippen molar-refractivity contribution in [2.24, 2.45) is 0 Å². The molecule has 0 saturated carbocycles. The van der Waals surface area contributed by atoms with Gasteiger partial charge in [-0.05, 0) is 22.2 Å². The number of hydrogen-bond donors (Lipinski definition) is 2. The molecule has 4 rings (SSSR count). The summed E-state index contributed by atoms with van der Waals surface area (Å²) in [5.74, 6) is 0. The zero-order chi connectivity index (χ0) is 20.4. The van der Waals surface area contributed by atoms with Gasteiger partial charge in [0, 0.05) is 10.9 Å². The molecule has 0 unspecified atom stereocenters. The monoisotopic (exact) mass is 405 g/mol. The molecule has 0 amide bonds. The average molecular weight is 406 g/mol. The minimum absolute atomic E-state index is 0.00847. The maximum Gasteiger partial charge on any atom is 0.241 e. The number of sulfonamides is 1. The van der Waals surface area contributed by atoms with E-state index in [1.54, 1.807) is 12.1 Å². The Morgan fingerprint density at radius 1 is 0.759 bits per heavy atom. The average Bonchev–Trinajstić information content (AvgIpc) is 2.73. The Balaban J connectivity index is 1.68. The topological polar surface area (TPSA) is 50.6 Å². The van der Waals surface area contributed by atoms with E-state index in [4.69, 9.17) is 0 Å². The summed E-state index contributed by atoms with van der Waals surface area (Å²) in [5.41, 5.74) is 1.14. The Morgan fingerprint density at radius 3 is 2.00 bits per heavy atom. The number of nitrogens with one attached hydrogen (secondary N) is 2. The summed E-state index contributed by atoms with van der Waals surface area (Å²) in [6.07, 6.45) is 0. The van der Waals surface area contributed by atoms with Crippen molar-refractivity contribution in [1.82, 2.24) is 4.72 Å². The lowest BCUT2D eigenvalue weighted by Crippen LogP contribution is -3.07. The van der Waals surface area contributed by atoms with E-state index in [1.165, 1.54) is 4.90 Å². The molecule has 4 aromatic rings. The van der Waals surface area contributed by atoms with Crippen LogP contribution in [0.25, 0.3) is 21.5 Å². The van der Waals surface area contributed by atoms with Crippen molar-refractivity contribution in [2.75, 3.05) is 20.6 Å². The van der Waals surface area contributed by atoms with Gasteiger partial charge in [-0.1, -0.05) is 78.9 Å². The number of rotatable bonds is 6. The molecule has 0 aromatic heterocycles. The minimum atomic E-state index is -3.64. The summed E-state index contributed by atoms with van der Waals surface area (Å²) >= 11 is 0. The van der Waals surface area contributed by atoms with E-state index in [0.717, 1.165) is 27.1 Å². The van der Waals surface area contributed by atoms with Crippen LogP contribution in [-0.2, 0) is 10.0 Å². The molecule has 29 heavy (non-hydrogen) atoms. The van der Waals surface area contributed by atoms with Crippen LogP contribution in [0.15, 0.2) is 89.8 Å². The zero-order valence-corrected chi connectivity index (χ0v) is 17.4. The van der Waals surface area contributed by atoms with Crippen LogP contribution >= 0.6 is 0 Å². The predicted octanol–water partition coefficient (Wildman–Crippen LogP) is 3.16. The molecule has 2 N–H and O–H groups in total. The van der Waals surface area contributed by atoms with Gasteiger partial charge in [0.25, 0.3) is 0 Å². The van der Waals surface area contributed by atoms with Gasteiger partial charge in [-0.25, -0.2) is 13.1 Å². The third kappa shape index (κ3) is 3.90. The quantitative estimate of drug-likeness (QED) is 0.518. The lowest BCUT2D eigenvalue weighted by atomic mass is 9.98. The van der Waals surface area contributed by atoms with Gasteiger partial charge in [0.05, 0.1) is 25.5 Å². The van der Waals surface area contributed by atoms with Gasteiger partial charge >= 0.3 is 0 Å². The van der Waals surface area contributed by atoms with Crippen LogP contribution in [0.2, 0.25) is 0 Å². The number of likely N-dealkylation sites (N-methyl/N-ethyl adjacent to an activating group) is 1. The second-order valence-electron chi connectivity index (χ2n) is 7.53. The fourth-order valence-electron chi connectivity index (χ4n) is 3.88. The van der Waals surface area contributed by atoms with Crippen molar-refractivity contribution in [1.29, 1.82) is 0 Å². The van der Waals surface area contributed by atoms with Crippen LogP contribution < -0.4 is 9.62 Å². The van der Waals surface area contributed by atoms with E-state index in [2.05, 4.69) is 43.1 Å². The second kappa shape index (κ2) is 7.95. The highest BCUT2D eigenvalue weighted by Gasteiger charge is 2.24. The first-order chi connectivity index (χ1) is 14.0. The number of fused-ring (bicyclic) bond motifs is 2. The maximum absolute atomic E-state index is 13.1. The Morgan fingerprint density at radius 2 is 1.31 bits per heavy atom. The van der Waals surface area contributed by atoms with Crippen molar-refractivity contribution in [3.8, 4) is 0 Å². The van der Waals surface area contributed by atoms with Gasteiger partial charge in [-0.2, -0.15) is 0 Å². The number of quaternary nitrogens is 1. The molecule has 148 valence electrons. The standard InChI is InChI=1S/C24H24N2O2S/c1-26(2)23(22-15-7-11-18-9-3-5-13-20(18)22)17-25-29(27,28)24-16-8-12-19-10-4-6-14-21(19)24/h3-16,23,25H,17H2,1-2H3/p+1/t23-/m0/s1. The summed E-state index contributed by atoms with van der Waals surface area (Å²) in [7, 11) is 0.468. The molecular formula is C24H25N2O2S+. The van der Waals surface area contributed by atoms with E-state index in [1.807, 2.05) is 48.5 Å². The van der Waals surface area contributed by atoms with Gasteiger partial charge < -0.3 is 4.90 Å². The predicted molar refractivity (Wildman–Crippen MR) is 119 cm³/mol. The molecule has 0 saturated heterocycles. The van der Waals surface area contributed by atoms with E-state index >= 15 is 0 Å². The Labute approximate surface area is 171 Å². The first kappa shape index (κ1) is 19.6. The number of hydrogen-bond acceptors (Lipinski definition) is 2. The molecule has 5 heteroatoms. The highest BCUT2D eigenvalue weighted by atomic mass is 32.2. The summed E-state index contributed by atoms with van der Waals surface area (Å²) < 4.78 is 29.2. The second-order valence-corrected chi connectivity index (χ2v) is 9.26. The summed E-state index contributed by atoms with van der Waals surface area (Å²) in [4.78, 5) is 1.49. The molecule has 0 aliphatic rings. The molecule has 0 bridgehead atoms. The van der Waals surface area contributed by atoms with Crippen LogP contribution in [0.4, 0.5) is 0 Å². The normalized spacial score (nSPS) is 13.2. The molecule has 4 aromatic carbocycles. The molecule has 0 spiro atoms. The zero-order valence-electron chi connectivity index (χ0n) is 16.6. The van der Waals surface area contributed by atoms with Crippen molar-refractivity contribution < 1.29 is 13.3 Å². The molecule has 0 fully saturated rings. The fourth-order valence-corrected chi connectivity index (χ4v) is 5.15. The van der Waals surface area contributed by atoms with E-state index < -0.39 is 10.0 Å². The highest BCUT2D eigenvalue weighted by molar-refractivity contribution is 7.89. The minimum Gasteiger partial charge on any atom is -0.333 e. The smallest absolute Gasteiger partial charge is 0.241 e. The first-order valence-electron chi connectivity index (χ1n) is 9.72. The van der Waals surface area contributed by atoms with Gasteiger partial charge in [0.2, 0.25) is 10.0 Å². The van der Waals surface area contributed by atoms with Crippen LogP contribution in [0.5, 0.6) is 0 Å². The Hall–Kier alpha value is -2.73. The summed E-state index contributed by atoms with van der Waals surface area (Å²) in [6, 6.07) is 27.4. The van der Waals surface area contributed by atoms with Crippen molar-refractivity contribution in [2.45, 2.75) is 10.9 Å². The van der Waals surface area contributed by atoms with Crippen LogP contribution in [-0.4, -0.2) is 29.1 Å². The first-order valence-corrected chi connectivity index (χ1v) is 11.2. The van der Waals surface area contributed by atoms with Crippen molar-refractivity contribution in [3.63, 3.8) is 0 Å². The van der Waals surface area contributed by atoms with Crippen LogP contribution in [0.1, 0.15) is 11.6 Å². The molecule has 0 aliphatic heterocycles. The van der Waals surface area contributed by atoms with E-state index in [9.17, 15) is 8.42 Å². The lowest BCUT2D eigenvalue weighted by molar-refractivity contribution is -0.890. The highest BCUT2D eigenvalue weighted by Crippen LogP contribution is 2.25. The third-order valence-electron chi connectivity index (χ3n) is 5.41. The van der Waals surface area contributed by atoms with Crippen LogP contribution in [0, 0.1) is 0 Å². The largest absolute Gasteiger partial charge is 0.333 e. The molecule has 0 aliphatic carbocycles. The van der Waals surface area contributed by atoms with Crippen molar-refractivity contribution in [3.05, 3.63) is 90.5 Å². The van der Waals surface area contributed by atoms with E-state index in [-0.39, 0.29) is 6.04 Å². The molecule has 4 nitrogen and oxygen atoms in total. The van der Waals surface area contributed by atoms with Crippen LogP contribution in [0.3, 0.4) is 0 Å². The molecule has 0 radical (unpaired) electrons. The van der Waals surface area contributed by atoms with Gasteiger partial charge in [-0.15, -0.1) is 0 Å². The summed E-state index contributed by atoms with van der Waals surface area (Å²) in [6.45, 7) is 0.321. The van der Waals surface area contributed by atoms with Gasteiger partial charge in [0.1, 0.15) is 6.04 Å². The third-order valence-corrected chi connectivity index (χ3v) is 6.89.